The van der Waals surface area contributed by atoms with Gasteiger partial charge in [-0.15, -0.1) is 0 Å². The highest BCUT2D eigenvalue weighted by Gasteiger charge is 2.15. The van der Waals surface area contributed by atoms with Crippen LogP contribution in [-0.2, 0) is 16.1 Å². The Morgan fingerprint density at radius 3 is 3.00 bits per heavy atom. The molecule has 1 aliphatic heterocycles. The predicted octanol–water partition coefficient (Wildman–Crippen LogP) is 3.33. The largest absolute Gasteiger partial charge is 0.376 e. The zero-order valence-corrected chi connectivity index (χ0v) is 11.3. The summed E-state index contributed by atoms with van der Waals surface area (Å²) < 4.78 is 11.1. The zero-order chi connectivity index (χ0) is 13.7. The summed E-state index contributed by atoms with van der Waals surface area (Å²) in [6, 6.07) is 4.70. The fourth-order valence-electron chi connectivity index (χ4n) is 2.04. The summed E-state index contributed by atoms with van der Waals surface area (Å²) in [4.78, 5) is 10.3. The van der Waals surface area contributed by atoms with Crippen molar-refractivity contribution in [3.05, 3.63) is 38.9 Å². The van der Waals surface area contributed by atoms with Crippen molar-refractivity contribution in [3.8, 4) is 0 Å². The van der Waals surface area contributed by atoms with Crippen LogP contribution >= 0.6 is 11.6 Å². The number of nitrogens with zero attached hydrogens (tertiary/aromatic N) is 1. The first-order valence-electron chi connectivity index (χ1n) is 6.29. The first kappa shape index (κ1) is 14.2. The van der Waals surface area contributed by atoms with Crippen molar-refractivity contribution in [1.29, 1.82) is 0 Å². The minimum Gasteiger partial charge on any atom is -0.376 e. The Labute approximate surface area is 116 Å². The van der Waals surface area contributed by atoms with Gasteiger partial charge in [-0.3, -0.25) is 10.1 Å². The molecule has 0 radical (unpaired) electrons. The maximum Gasteiger partial charge on any atom is 0.288 e. The Hall–Kier alpha value is -1.17. The van der Waals surface area contributed by atoms with E-state index in [0.29, 0.717) is 13.2 Å². The van der Waals surface area contributed by atoms with Crippen molar-refractivity contribution in [2.24, 2.45) is 0 Å². The molecule has 104 valence electrons. The van der Waals surface area contributed by atoms with Gasteiger partial charge in [-0.1, -0.05) is 17.7 Å². The number of benzene rings is 1. The normalized spacial score (nSPS) is 19.3. The Morgan fingerprint density at radius 1 is 1.47 bits per heavy atom. The fourth-order valence-corrected chi connectivity index (χ4v) is 2.22. The molecule has 1 saturated heterocycles. The smallest absolute Gasteiger partial charge is 0.288 e. The van der Waals surface area contributed by atoms with E-state index >= 15 is 0 Å². The van der Waals surface area contributed by atoms with Crippen LogP contribution in [0.1, 0.15) is 24.8 Å². The van der Waals surface area contributed by atoms with E-state index in [0.717, 1.165) is 25.0 Å². The Bertz CT molecular complexity index is 446. The summed E-state index contributed by atoms with van der Waals surface area (Å²) in [6.45, 7) is 1.65. The highest BCUT2D eigenvalue weighted by molar-refractivity contribution is 6.32. The van der Waals surface area contributed by atoms with E-state index in [9.17, 15) is 10.1 Å². The molecule has 1 aromatic rings. The molecule has 6 heteroatoms. The lowest BCUT2D eigenvalue weighted by atomic mass is 10.1. The molecule has 1 unspecified atom stereocenters. The number of ether oxygens (including phenoxy) is 2. The van der Waals surface area contributed by atoms with Gasteiger partial charge in [0.1, 0.15) is 5.02 Å². The van der Waals surface area contributed by atoms with Gasteiger partial charge in [0.15, 0.2) is 0 Å². The van der Waals surface area contributed by atoms with Crippen molar-refractivity contribution in [1.82, 2.24) is 0 Å². The zero-order valence-electron chi connectivity index (χ0n) is 10.5. The standard InChI is InChI=1S/C13H16ClNO4/c14-12-5-4-10(7-13(12)15(16)17)8-18-9-11-3-1-2-6-19-11/h4-5,7,11H,1-3,6,8-9H2. The van der Waals surface area contributed by atoms with E-state index in [1.807, 2.05) is 0 Å². The van der Waals surface area contributed by atoms with Gasteiger partial charge in [0.2, 0.25) is 0 Å². The molecule has 1 fully saturated rings. The van der Waals surface area contributed by atoms with Crippen LogP contribution < -0.4 is 0 Å². The molecular weight excluding hydrogens is 270 g/mol. The quantitative estimate of drug-likeness (QED) is 0.615. The third kappa shape index (κ3) is 4.16. The summed E-state index contributed by atoms with van der Waals surface area (Å²) in [5.74, 6) is 0. The molecular formula is C13H16ClNO4. The molecule has 0 aliphatic carbocycles. The second kappa shape index (κ2) is 6.84. The Morgan fingerprint density at radius 2 is 2.32 bits per heavy atom. The van der Waals surface area contributed by atoms with Crippen LogP contribution in [0.15, 0.2) is 18.2 Å². The van der Waals surface area contributed by atoms with Gasteiger partial charge in [-0.25, -0.2) is 0 Å². The lowest BCUT2D eigenvalue weighted by molar-refractivity contribution is -0.384. The molecule has 0 aromatic heterocycles. The summed E-state index contributed by atoms with van der Waals surface area (Å²) in [7, 11) is 0. The Kier molecular flexibility index (Phi) is 5.13. The van der Waals surface area contributed by atoms with Crippen molar-refractivity contribution in [2.45, 2.75) is 32.0 Å². The highest BCUT2D eigenvalue weighted by Crippen LogP contribution is 2.25. The summed E-state index contributed by atoms with van der Waals surface area (Å²) >= 11 is 5.74. The van der Waals surface area contributed by atoms with Crippen LogP contribution in [0.2, 0.25) is 5.02 Å². The maximum atomic E-state index is 10.8. The van der Waals surface area contributed by atoms with E-state index in [1.54, 1.807) is 6.07 Å². The summed E-state index contributed by atoms with van der Waals surface area (Å²) in [5.41, 5.74) is 0.656. The minimum absolute atomic E-state index is 0.0864. The highest BCUT2D eigenvalue weighted by atomic mass is 35.5. The van der Waals surface area contributed by atoms with E-state index < -0.39 is 4.92 Å². The van der Waals surface area contributed by atoms with Crippen molar-refractivity contribution >= 4 is 17.3 Å². The van der Waals surface area contributed by atoms with Crippen LogP contribution in [0.25, 0.3) is 0 Å². The van der Waals surface area contributed by atoms with Crippen LogP contribution in [0, 0.1) is 10.1 Å². The average molecular weight is 286 g/mol. The van der Waals surface area contributed by atoms with Crippen LogP contribution in [0.4, 0.5) is 5.69 Å². The molecule has 1 aromatic carbocycles. The summed E-state index contributed by atoms with van der Waals surface area (Å²) in [5, 5.41) is 10.9. The second-order valence-electron chi connectivity index (χ2n) is 4.55. The molecule has 0 amide bonds. The Balaban J connectivity index is 1.85. The first-order chi connectivity index (χ1) is 9.16. The molecule has 0 bridgehead atoms. The van der Waals surface area contributed by atoms with Gasteiger partial charge in [0.05, 0.1) is 24.2 Å². The lowest BCUT2D eigenvalue weighted by Gasteiger charge is -2.22. The monoisotopic (exact) mass is 285 g/mol. The number of rotatable bonds is 5. The third-order valence-corrected chi connectivity index (χ3v) is 3.37. The van der Waals surface area contributed by atoms with Crippen molar-refractivity contribution < 1.29 is 14.4 Å². The molecule has 0 saturated carbocycles. The molecule has 1 aliphatic rings. The van der Waals surface area contributed by atoms with Gasteiger partial charge >= 0.3 is 0 Å². The lowest BCUT2D eigenvalue weighted by Crippen LogP contribution is -2.24. The van der Waals surface area contributed by atoms with Gasteiger partial charge in [0.25, 0.3) is 5.69 Å². The SMILES string of the molecule is O=[N+]([O-])c1cc(COCC2CCCCO2)ccc1Cl. The maximum absolute atomic E-state index is 10.8. The van der Waals surface area contributed by atoms with Gasteiger partial charge < -0.3 is 9.47 Å². The molecule has 0 N–H and O–H groups in total. The van der Waals surface area contributed by atoms with Crippen molar-refractivity contribution in [2.75, 3.05) is 13.2 Å². The van der Waals surface area contributed by atoms with Crippen LogP contribution in [0.5, 0.6) is 0 Å². The first-order valence-corrected chi connectivity index (χ1v) is 6.67. The fraction of sp³-hybridized carbons (Fsp3) is 0.538. The number of hydrogen-bond donors (Lipinski definition) is 0. The van der Waals surface area contributed by atoms with Crippen molar-refractivity contribution in [3.63, 3.8) is 0 Å². The van der Waals surface area contributed by atoms with Crippen LogP contribution in [-0.4, -0.2) is 24.2 Å². The van der Waals surface area contributed by atoms with Gasteiger partial charge in [0, 0.05) is 12.7 Å². The molecule has 1 heterocycles. The number of halogens is 1. The average Bonchev–Trinajstić information content (AvgIpc) is 2.41. The third-order valence-electron chi connectivity index (χ3n) is 3.05. The van der Waals surface area contributed by atoms with E-state index in [4.69, 9.17) is 21.1 Å². The topological polar surface area (TPSA) is 61.6 Å². The number of nitro groups is 1. The number of hydrogen-bond acceptors (Lipinski definition) is 4. The predicted molar refractivity (Wildman–Crippen MR) is 71.4 cm³/mol. The summed E-state index contributed by atoms with van der Waals surface area (Å²) in [6.07, 6.45) is 3.44. The molecule has 2 rings (SSSR count). The second-order valence-corrected chi connectivity index (χ2v) is 4.95. The minimum atomic E-state index is -0.490. The molecule has 1 atom stereocenters. The van der Waals surface area contributed by atoms with E-state index in [1.165, 1.54) is 18.6 Å². The van der Waals surface area contributed by atoms with E-state index in [2.05, 4.69) is 0 Å². The van der Waals surface area contributed by atoms with E-state index in [-0.39, 0.29) is 16.8 Å². The van der Waals surface area contributed by atoms with Gasteiger partial charge in [-0.05, 0) is 30.9 Å². The molecule has 19 heavy (non-hydrogen) atoms. The number of nitro benzene ring substituents is 1. The molecule has 0 spiro atoms. The van der Waals surface area contributed by atoms with Crippen LogP contribution in [0.3, 0.4) is 0 Å². The molecule has 5 nitrogen and oxygen atoms in total. The van der Waals surface area contributed by atoms with Gasteiger partial charge in [-0.2, -0.15) is 0 Å².